The maximum Gasteiger partial charge on any atom is 0.418 e. The topological polar surface area (TPSA) is 81.9 Å². The van der Waals surface area contributed by atoms with Crippen molar-refractivity contribution in [2.45, 2.75) is 18.3 Å². The molecule has 0 atom stereocenters. The number of amides is 1. The van der Waals surface area contributed by atoms with Gasteiger partial charge in [-0.25, -0.2) is 0 Å². The van der Waals surface area contributed by atoms with E-state index in [-0.39, 0.29) is 15.9 Å². The number of pyridine rings is 1. The number of nitrogens with zero attached hydrogens (tertiary/aromatic N) is 4. The normalized spacial score (nSPS) is 11.4. The van der Waals surface area contributed by atoms with Crippen LogP contribution in [0.3, 0.4) is 0 Å². The maximum atomic E-state index is 13.4. The number of benzene rings is 2. The summed E-state index contributed by atoms with van der Waals surface area (Å²) >= 11 is 4.09. The van der Waals surface area contributed by atoms with Gasteiger partial charge in [0.15, 0.2) is 11.0 Å². The first-order valence-corrected chi connectivity index (χ1v) is 12.4. The number of hydrogen-bond acceptors (Lipinski definition) is 6. The molecule has 0 unspecified atom stereocenters. The van der Waals surface area contributed by atoms with Crippen molar-refractivity contribution in [1.82, 2.24) is 19.7 Å². The molecule has 0 saturated heterocycles. The number of alkyl halides is 3. The Labute approximate surface area is 217 Å². The third-order valence-corrected chi connectivity index (χ3v) is 6.29. The van der Waals surface area contributed by atoms with Gasteiger partial charge in [-0.15, -0.1) is 10.2 Å². The van der Waals surface area contributed by atoms with Crippen LogP contribution in [0.25, 0.3) is 17.1 Å². The molecule has 2 aromatic carbocycles. The molecule has 0 fully saturated rings. The van der Waals surface area contributed by atoms with E-state index in [1.165, 1.54) is 12.1 Å². The molecule has 0 spiro atoms. The van der Waals surface area contributed by atoms with Gasteiger partial charge in [0, 0.05) is 28.1 Å². The Bertz CT molecular complexity index is 1350. The number of carbonyl (C=O) groups is 1. The number of halogens is 4. The molecule has 36 heavy (non-hydrogen) atoms. The van der Waals surface area contributed by atoms with E-state index in [4.69, 9.17) is 4.74 Å². The number of carbonyl (C=O) groups excluding carboxylic acids is 1. The number of aromatic nitrogens is 4. The van der Waals surface area contributed by atoms with E-state index >= 15 is 0 Å². The molecule has 2 aromatic heterocycles. The summed E-state index contributed by atoms with van der Waals surface area (Å²) in [5, 5.41) is 11.3. The van der Waals surface area contributed by atoms with E-state index in [0.29, 0.717) is 23.3 Å². The predicted octanol–water partition coefficient (Wildman–Crippen LogP) is 6.24. The van der Waals surface area contributed by atoms with Gasteiger partial charge in [-0.2, -0.15) is 13.2 Å². The van der Waals surface area contributed by atoms with E-state index in [9.17, 15) is 18.0 Å². The lowest BCUT2D eigenvalue weighted by Crippen LogP contribution is -2.18. The Morgan fingerprint density at radius 1 is 1.08 bits per heavy atom. The number of rotatable bonds is 8. The summed E-state index contributed by atoms with van der Waals surface area (Å²) in [6.07, 6.45) is -1.36. The zero-order chi connectivity index (χ0) is 25.7. The minimum absolute atomic E-state index is 0.182. The van der Waals surface area contributed by atoms with E-state index in [0.717, 1.165) is 29.1 Å². The lowest BCUT2D eigenvalue weighted by molar-refractivity contribution is -0.137. The highest BCUT2D eigenvalue weighted by Gasteiger charge is 2.34. The van der Waals surface area contributed by atoms with Gasteiger partial charge in [0.1, 0.15) is 5.75 Å². The van der Waals surface area contributed by atoms with Gasteiger partial charge < -0.3 is 10.1 Å². The van der Waals surface area contributed by atoms with Crippen LogP contribution in [0.1, 0.15) is 12.5 Å². The maximum absolute atomic E-state index is 13.4. The van der Waals surface area contributed by atoms with Crippen LogP contribution >= 0.6 is 27.7 Å². The molecule has 0 bridgehead atoms. The van der Waals surface area contributed by atoms with Crippen molar-refractivity contribution in [1.29, 1.82) is 0 Å². The molecular formula is C24H19BrF3N5O2S. The zero-order valence-electron chi connectivity index (χ0n) is 18.8. The summed E-state index contributed by atoms with van der Waals surface area (Å²) in [6, 6.07) is 14.4. The highest BCUT2D eigenvalue weighted by atomic mass is 79.9. The molecule has 4 aromatic rings. The molecule has 7 nitrogen and oxygen atoms in total. The summed E-state index contributed by atoms with van der Waals surface area (Å²) in [6.45, 7) is 2.42. The lowest BCUT2D eigenvalue weighted by Gasteiger charge is -2.14. The first-order chi connectivity index (χ1) is 17.3. The Morgan fingerprint density at radius 2 is 1.81 bits per heavy atom. The van der Waals surface area contributed by atoms with E-state index in [1.807, 2.05) is 31.2 Å². The Hall–Kier alpha value is -3.38. The molecule has 0 saturated carbocycles. The quantitative estimate of drug-likeness (QED) is 0.250. The van der Waals surface area contributed by atoms with Crippen LogP contribution in [-0.2, 0) is 11.0 Å². The monoisotopic (exact) mass is 577 g/mol. The lowest BCUT2D eigenvalue weighted by atomic mass is 10.1. The van der Waals surface area contributed by atoms with E-state index in [2.05, 4.69) is 36.4 Å². The predicted molar refractivity (Wildman–Crippen MR) is 134 cm³/mol. The number of ether oxygens (including phenoxy) is 1. The van der Waals surface area contributed by atoms with Gasteiger partial charge in [-0.1, -0.05) is 27.7 Å². The fourth-order valence-corrected chi connectivity index (χ4v) is 4.43. The third-order valence-electron chi connectivity index (χ3n) is 4.87. The van der Waals surface area contributed by atoms with Crippen molar-refractivity contribution in [3.63, 3.8) is 0 Å². The summed E-state index contributed by atoms with van der Waals surface area (Å²) in [5.41, 5.74) is 0.229. The molecule has 2 heterocycles. The molecule has 0 aliphatic carbocycles. The summed E-state index contributed by atoms with van der Waals surface area (Å²) in [5.74, 6) is 0.429. The molecule has 4 rings (SSSR count). The van der Waals surface area contributed by atoms with Crippen LogP contribution in [-0.4, -0.2) is 38.0 Å². The van der Waals surface area contributed by atoms with E-state index in [1.54, 1.807) is 29.1 Å². The van der Waals surface area contributed by atoms with Crippen LogP contribution in [0.15, 0.2) is 76.6 Å². The molecule has 1 amide bonds. The highest BCUT2D eigenvalue weighted by molar-refractivity contribution is 9.10. The molecule has 0 radical (unpaired) electrons. The Balaban J connectivity index is 1.59. The highest BCUT2D eigenvalue weighted by Crippen LogP contribution is 2.37. The molecule has 0 aliphatic heterocycles. The van der Waals surface area contributed by atoms with Gasteiger partial charge >= 0.3 is 6.18 Å². The standard InChI is InChI=1S/C24H19BrF3N5O2S/c1-2-35-18-6-4-17(5-7-18)33-22(15-9-11-29-12-10-15)31-32-23(33)36-14-21(34)30-20-8-3-16(25)13-19(20)24(26,27)28/h3-13H,2,14H2,1H3,(H,30,34). The molecular weight excluding hydrogens is 559 g/mol. The number of nitrogens with one attached hydrogen (secondary N) is 1. The van der Waals surface area contributed by atoms with E-state index < -0.39 is 17.6 Å². The van der Waals surface area contributed by atoms with Crippen LogP contribution in [0, 0.1) is 0 Å². The van der Waals surface area contributed by atoms with Crippen LogP contribution < -0.4 is 10.1 Å². The first-order valence-electron chi connectivity index (χ1n) is 10.6. The van der Waals surface area contributed by atoms with Crippen molar-refractivity contribution in [2.24, 2.45) is 0 Å². The van der Waals surface area contributed by atoms with Crippen LogP contribution in [0.5, 0.6) is 5.75 Å². The second kappa shape index (κ2) is 11.1. The number of hydrogen-bond donors (Lipinski definition) is 1. The molecule has 0 aliphatic rings. The van der Waals surface area contributed by atoms with Gasteiger partial charge in [-0.3, -0.25) is 14.3 Å². The number of anilines is 1. The minimum Gasteiger partial charge on any atom is -0.494 e. The third kappa shape index (κ3) is 6.05. The second-order valence-corrected chi connectivity index (χ2v) is 9.19. The van der Waals surface area contributed by atoms with Crippen molar-refractivity contribution in [3.05, 3.63) is 77.0 Å². The Kier molecular flexibility index (Phi) is 7.94. The fraction of sp³-hybridized carbons (Fsp3) is 0.167. The van der Waals surface area contributed by atoms with Gasteiger partial charge in [0.05, 0.1) is 23.6 Å². The minimum atomic E-state index is -4.62. The van der Waals surface area contributed by atoms with Gasteiger partial charge in [0.2, 0.25) is 5.91 Å². The van der Waals surface area contributed by atoms with Crippen molar-refractivity contribution in [2.75, 3.05) is 17.7 Å². The fourth-order valence-electron chi connectivity index (χ4n) is 3.32. The summed E-state index contributed by atoms with van der Waals surface area (Å²) in [4.78, 5) is 16.6. The van der Waals surface area contributed by atoms with Gasteiger partial charge in [-0.05, 0) is 61.5 Å². The average Bonchev–Trinajstić information content (AvgIpc) is 3.28. The summed E-state index contributed by atoms with van der Waals surface area (Å²) < 4.78 is 47.7. The first kappa shape index (κ1) is 25.7. The Morgan fingerprint density at radius 3 is 2.47 bits per heavy atom. The largest absolute Gasteiger partial charge is 0.494 e. The average molecular weight is 578 g/mol. The van der Waals surface area contributed by atoms with Crippen molar-refractivity contribution >= 4 is 39.3 Å². The van der Waals surface area contributed by atoms with Crippen molar-refractivity contribution < 1.29 is 22.7 Å². The molecule has 186 valence electrons. The second-order valence-electron chi connectivity index (χ2n) is 7.33. The van der Waals surface area contributed by atoms with Crippen LogP contribution in [0.2, 0.25) is 0 Å². The zero-order valence-corrected chi connectivity index (χ0v) is 21.2. The summed E-state index contributed by atoms with van der Waals surface area (Å²) in [7, 11) is 0. The molecule has 12 heteroatoms. The van der Waals surface area contributed by atoms with Crippen molar-refractivity contribution in [3.8, 4) is 22.8 Å². The SMILES string of the molecule is CCOc1ccc(-n2c(SCC(=O)Nc3ccc(Br)cc3C(F)(F)F)nnc2-c2ccncc2)cc1. The number of thioether (sulfide) groups is 1. The van der Waals surface area contributed by atoms with Crippen LogP contribution in [0.4, 0.5) is 18.9 Å². The molecule has 1 N–H and O–H groups in total. The van der Waals surface area contributed by atoms with Gasteiger partial charge in [0.25, 0.3) is 0 Å². The smallest absolute Gasteiger partial charge is 0.418 e.